The summed E-state index contributed by atoms with van der Waals surface area (Å²) in [4.78, 5) is 0. The second kappa shape index (κ2) is 4.33. The number of nitrogens with one attached hydrogen (secondary N) is 1. The van der Waals surface area contributed by atoms with Crippen LogP contribution in [0.2, 0.25) is 0 Å². The maximum Gasteiger partial charge on any atom is 0.0521 e. The highest BCUT2D eigenvalue weighted by Gasteiger charge is 2.31. The Hall–Kier alpha value is -0.870. The van der Waals surface area contributed by atoms with E-state index in [-0.39, 0.29) is 12.0 Å². The van der Waals surface area contributed by atoms with Gasteiger partial charge in [-0.2, -0.15) is 5.10 Å². The van der Waals surface area contributed by atoms with Gasteiger partial charge in [0.05, 0.1) is 6.20 Å². The first kappa shape index (κ1) is 10.6. The summed E-state index contributed by atoms with van der Waals surface area (Å²) >= 11 is 0. The summed E-state index contributed by atoms with van der Waals surface area (Å²) in [5.41, 5.74) is 1.31. The monoisotopic (exact) mass is 209 g/mol. The van der Waals surface area contributed by atoms with Gasteiger partial charge in [-0.3, -0.25) is 4.68 Å². The van der Waals surface area contributed by atoms with Gasteiger partial charge < -0.3 is 10.4 Å². The first-order chi connectivity index (χ1) is 7.24. The Bertz CT molecular complexity index is 315. The molecule has 84 valence electrons. The predicted molar refractivity (Wildman–Crippen MR) is 58.5 cm³/mol. The molecule has 1 aliphatic heterocycles. The minimum Gasteiger partial charge on any atom is -0.396 e. The van der Waals surface area contributed by atoms with E-state index in [1.165, 1.54) is 5.56 Å². The van der Waals surface area contributed by atoms with Crippen molar-refractivity contribution in [2.24, 2.45) is 12.5 Å². The Kier molecular flexibility index (Phi) is 3.07. The summed E-state index contributed by atoms with van der Waals surface area (Å²) < 4.78 is 1.82. The van der Waals surface area contributed by atoms with Crippen molar-refractivity contribution < 1.29 is 5.11 Å². The van der Waals surface area contributed by atoms with Crippen molar-refractivity contribution in [2.75, 3.05) is 19.7 Å². The number of aryl methyl sites for hydroxylation is 1. The Morgan fingerprint density at radius 3 is 2.80 bits per heavy atom. The average Bonchev–Trinajstić information content (AvgIpc) is 2.65. The molecule has 1 fully saturated rings. The number of rotatable bonds is 3. The second-order valence-electron chi connectivity index (χ2n) is 4.61. The molecule has 15 heavy (non-hydrogen) atoms. The van der Waals surface area contributed by atoms with Gasteiger partial charge in [0, 0.05) is 25.3 Å². The first-order valence-electron chi connectivity index (χ1n) is 5.53. The van der Waals surface area contributed by atoms with Gasteiger partial charge in [-0.1, -0.05) is 0 Å². The van der Waals surface area contributed by atoms with E-state index in [0.717, 1.165) is 32.4 Å². The second-order valence-corrected chi connectivity index (χ2v) is 4.61. The van der Waals surface area contributed by atoms with E-state index in [0.29, 0.717) is 0 Å². The van der Waals surface area contributed by atoms with Gasteiger partial charge in [-0.15, -0.1) is 0 Å². The van der Waals surface area contributed by atoms with Crippen LogP contribution in [0.1, 0.15) is 18.4 Å². The molecule has 0 radical (unpaired) electrons. The predicted octanol–water partition coefficient (Wildman–Crippen LogP) is 0.325. The van der Waals surface area contributed by atoms with Crippen LogP contribution in [-0.2, 0) is 13.5 Å². The molecule has 0 bridgehead atoms. The molecule has 2 N–H and O–H groups in total. The zero-order valence-corrected chi connectivity index (χ0v) is 9.24. The summed E-state index contributed by atoms with van der Waals surface area (Å²) in [5.74, 6) is 0. The van der Waals surface area contributed by atoms with Gasteiger partial charge in [-0.05, 0) is 37.9 Å². The zero-order chi connectivity index (χ0) is 10.7. The normalized spacial score (nSPS) is 20.4. The molecular weight excluding hydrogens is 190 g/mol. The summed E-state index contributed by atoms with van der Waals surface area (Å²) in [6, 6.07) is 0. The standard InChI is InChI=1S/C11H19N3O/c1-14-8-10(7-13-14)6-11(9-15)2-4-12-5-3-11/h7-8,12,15H,2-6,9H2,1H3. The number of aliphatic hydroxyl groups is 1. The topological polar surface area (TPSA) is 50.1 Å². The van der Waals surface area contributed by atoms with E-state index in [1.54, 1.807) is 0 Å². The van der Waals surface area contributed by atoms with Crippen molar-refractivity contribution in [2.45, 2.75) is 19.3 Å². The number of aromatic nitrogens is 2. The van der Waals surface area contributed by atoms with Crippen LogP contribution in [0, 0.1) is 5.41 Å². The van der Waals surface area contributed by atoms with E-state index in [4.69, 9.17) is 0 Å². The van der Waals surface area contributed by atoms with Crippen LogP contribution in [0.25, 0.3) is 0 Å². The molecule has 0 atom stereocenters. The van der Waals surface area contributed by atoms with Crippen LogP contribution < -0.4 is 5.32 Å². The van der Waals surface area contributed by atoms with Gasteiger partial charge in [0.1, 0.15) is 0 Å². The van der Waals surface area contributed by atoms with E-state index in [1.807, 2.05) is 24.1 Å². The van der Waals surface area contributed by atoms with Gasteiger partial charge in [0.25, 0.3) is 0 Å². The third kappa shape index (κ3) is 2.38. The quantitative estimate of drug-likeness (QED) is 0.754. The maximum absolute atomic E-state index is 9.55. The molecular formula is C11H19N3O. The highest BCUT2D eigenvalue weighted by Crippen LogP contribution is 2.32. The largest absolute Gasteiger partial charge is 0.396 e. The molecule has 0 saturated carbocycles. The molecule has 2 rings (SSSR count). The van der Waals surface area contributed by atoms with Crippen molar-refractivity contribution in [3.63, 3.8) is 0 Å². The number of hydrogen-bond acceptors (Lipinski definition) is 3. The summed E-state index contributed by atoms with van der Waals surface area (Å²) in [5, 5.41) is 17.1. The number of aliphatic hydroxyl groups excluding tert-OH is 1. The lowest BCUT2D eigenvalue weighted by Crippen LogP contribution is -2.40. The Balaban J connectivity index is 2.06. The summed E-state index contributed by atoms with van der Waals surface area (Å²) in [7, 11) is 1.93. The van der Waals surface area contributed by atoms with E-state index >= 15 is 0 Å². The van der Waals surface area contributed by atoms with Crippen molar-refractivity contribution >= 4 is 0 Å². The maximum atomic E-state index is 9.55. The molecule has 0 spiro atoms. The first-order valence-corrected chi connectivity index (χ1v) is 5.53. The third-order valence-electron chi connectivity index (χ3n) is 3.34. The van der Waals surface area contributed by atoms with E-state index < -0.39 is 0 Å². The molecule has 1 saturated heterocycles. The molecule has 1 aromatic rings. The molecule has 0 aliphatic carbocycles. The van der Waals surface area contributed by atoms with E-state index in [2.05, 4.69) is 10.4 Å². The number of piperidine rings is 1. The fourth-order valence-corrected chi connectivity index (χ4v) is 2.34. The summed E-state index contributed by atoms with van der Waals surface area (Å²) in [6.07, 6.45) is 6.99. The molecule has 4 nitrogen and oxygen atoms in total. The number of hydrogen-bond donors (Lipinski definition) is 2. The zero-order valence-electron chi connectivity index (χ0n) is 9.24. The SMILES string of the molecule is Cn1cc(CC2(CO)CCNCC2)cn1. The molecule has 0 amide bonds. The highest BCUT2D eigenvalue weighted by molar-refractivity contribution is 5.08. The lowest BCUT2D eigenvalue weighted by molar-refractivity contribution is 0.0893. The van der Waals surface area contributed by atoms with Crippen LogP contribution in [0.4, 0.5) is 0 Å². The van der Waals surface area contributed by atoms with Crippen molar-refractivity contribution in [1.82, 2.24) is 15.1 Å². The minimum absolute atomic E-state index is 0.0777. The van der Waals surface area contributed by atoms with Crippen LogP contribution in [0.5, 0.6) is 0 Å². The Morgan fingerprint density at radius 1 is 1.53 bits per heavy atom. The van der Waals surface area contributed by atoms with Crippen LogP contribution in [0.15, 0.2) is 12.4 Å². The van der Waals surface area contributed by atoms with E-state index in [9.17, 15) is 5.11 Å². The highest BCUT2D eigenvalue weighted by atomic mass is 16.3. The van der Waals surface area contributed by atoms with Crippen LogP contribution >= 0.6 is 0 Å². The van der Waals surface area contributed by atoms with Crippen LogP contribution in [-0.4, -0.2) is 34.6 Å². The van der Waals surface area contributed by atoms with Gasteiger partial charge >= 0.3 is 0 Å². The molecule has 1 aromatic heterocycles. The summed E-state index contributed by atoms with van der Waals surface area (Å²) in [6.45, 7) is 2.31. The fraction of sp³-hybridized carbons (Fsp3) is 0.727. The lowest BCUT2D eigenvalue weighted by atomic mass is 9.75. The van der Waals surface area contributed by atoms with Gasteiger partial charge in [0.2, 0.25) is 0 Å². The molecule has 0 aromatic carbocycles. The minimum atomic E-state index is 0.0777. The number of nitrogens with zero attached hydrogens (tertiary/aromatic N) is 2. The van der Waals surface area contributed by atoms with Crippen molar-refractivity contribution in [3.05, 3.63) is 18.0 Å². The lowest BCUT2D eigenvalue weighted by Gasteiger charge is -2.35. The fourth-order valence-electron chi connectivity index (χ4n) is 2.34. The Labute approximate surface area is 90.3 Å². The van der Waals surface area contributed by atoms with Crippen molar-refractivity contribution in [1.29, 1.82) is 0 Å². The average molecular weight is 209 g/mol. The molecule has 4 heteroatoms. The Morgan fingerprint density at radius 2 is 2.27 bits per heavy atom. The molecule has 2 heterocycles. The molecule has 1 aliphatic rings. The van der Waals surface area contributed by atoms with Crippen molar-refractivity contribution in [3.8, 4) is 0 Å². The van der Waals surface area contributed by atoms with Crippen LogP contribution in [0.3, 0.4) is 0 Å². The third-order valence-corrected chi connectivity index (χ3v) is 3.34. The van der Waals surface area contributed by atoms with Gasteiger partial charge in [0.15, 0.2) is 0 Å². The van der Waals surface area contributed by atoms with Gasteiger partial charge in [-0.25, -0.2) is 0 Å². The molecule has 0 unspecified atom stereocenters. The smallest absolute Gasteiger partial charge is 0.0521 e.